The van der Waals surface area contributed by atoms with E-state index in [9.17, 15) is 19.5 Å². The fourth-order valence-electron chi connectivity index (χ4n) is 7.65. The van der Waals surface area contributed by atoms with Gasteiger partial charge in [-0.1, -0.05) is 223 Å². The Bertz CT molecular complexity index is 1220. The van der Waals surface area contributed by atoms with Crippen LogP contribution in [0, 0.1) is 0 Å². The zero-order chi connectivity index (χ0) is 48.4. The molecule has 0 saturated heterocycles. The number of rotatable bonds is 50. The van der Waals surface area contributed by atoms with Gasteiger partial charge in [-0.25, -0.2) is 4.79 Å². The maximum Gasteiger partial charge on any atom is 0.361 e. The first kappa shape index (κ1) is 63.2. The van der Waals surface area contributed by atoms with Gasteiger partial charge in [0.2, 0.25) is 0 Å². The molecule has 0 rings (SSSR count). The lowest BCUT2D eigenvalue weighted by molar-refractivity contribution is -0.870. The van der Waals surface area contributed by atoms with Crippen LogP contribution in [0.15, 0.2) is 48.6 Å². The van der Waals surface area contributed by atoms with E-state index in [4.69, 9.17) is 18.9 Å². The molecule has 0 aliphatic heterocycles. The summed E-state index contributed by atoms with van der Waals surface area (Å²) < 4.78 is 22.8. The fraction of sp³-hybridized carbons (Fsp3) is 0.807. The molecular weight excluding hydrogens is 827 g/mol. The molecule has 2 unspecified atom stereocenters. The third-order valence-corrected chi connectivity index (χ3v) is 11.8. The van der Waals surface area contributed by atoms with Crippen LogP contribution >= 0.6 is 0 Å². The molecule has 66 heavy (non-hydrogen) atoms. The molecule has 0 aromatic heterocycles. The second-order valence-electron chi connectivity index (χ2n) is 19.5. The van der Waals surface area contributed by atoms with Crippen molar-refractivity contribution in [2.75, 3.05) is 47.5 Å². The molecule has 2 atom stereocenters. The number of nitrogens with zero attached hydrogens (tertiary/aromatic N) is 1. The molecule has 9 heteroatoms. The van der Waals surface area contributed by atoms with Crippen LogP contribution in [0.4, 0.5) is 0 Å². The standard InChI is InChI=1S/C57H103NO8/c1-6-8-10-12-14-16-18-20-22-24-26-27-28-30-31-33-35-37-39-41-43-45-47-54(59)64-51-53(52-65-57(56(61)62)63-50-49-58(3,4)5)66-55(60)48-46-44-42-40-38-36-34-32-29-25-23-21-19-17-15-13-11-9-7-2/h9,11,15,17,21,23,29,32,53,57H,6-8,10,12-14,16,18-20,22,24-28,30-31,33-52H2,1-5H3/p+1/b11-9-,17-15-,23-21-,32-29-. The number of allylic oxidation sites excluding steroid dienone is 8. The number of carbonyl (C=O) groups is 3. The van der Waals surface area contributed by atoms with E-state index in [1.165, 1.54) is 122 Å². The Morgan fingerprint density at radius 2 is 0.864 bits per heavy atom. The smallest absolute Gasteiger partial charge is 0.361 e. The maximum atomic E-state index is 12.8. The lowest BCUT2D eigenvalue weighted by Gasteiger charge is -2.25. The highest BCUT2D eigenvalue weighted by Crippen LogP contribution is 2.16. The first-order valence-electron chi connectivity index (χ1n) is 27.3. The van der Waals surface area contributed by atoms with E-state index < -0.39 is 24.3 Å². The number of likely N-dealkylation sites (N-methyl/N-ethyl adjacent to an activating group) is 1. The molecule has 0 fully saturated rings. The second-order valence-corrected chi connectivity index (χ2v) is 19.5. The Balaban J connectivity index is 4.29. The van der Waals surface area contributed by atoms with Gasteiger partial charge in [0.05, 0.1) is 34.4 Å². The molecule has 0 heterocycles. The van der Waals surface area contributed by atoms with Gasteiger partial charge in [-0.15, -0.1) is 0 Å². The van der Waals surface area contributed by atoms with Gasteiger partial charge in [-0.3, -0.25) is 9.59 Å². The van der Waals surface area contributed by atoms with E-state index in [0.29, 0.717) is 23.9 Å². The molecule has 0 aliphatic carbocycles. The number of carboxylic acids is 1. The Morgan fingerprint density at radius 3 is 1.29 bits per heavy atom. The van der Waals surface area contributed by atoms with E-state index in [2.05, 4.69) is 62.5 Å². The predicted octanol–water partition coefficient (Wildman–Crippen LogP) is 15.5. The third kappa shape index (κ3) is 49.2. The number of unbranched alkanes of at least 4 members (excludes halogenated alkanes) is 27. The molecule has 1 N–H and O–H groups in total. The quantitative estimate of drug-likeness (QED) is 0.0211. The van der Waals surface area contributed by atoms with E-state index in [-0.39, 0.29) is 32.2 Å². The van der Waals surface area contributed by atoms with Crippen LogP contribution in [0.3, 0.4) is 0 Å². The van der Waals surface area contributed by atoms with Crippen molar-refractivity contribution in [3.63, 3.8) is 0 Å². The lowest BCUT2D eigenvalue weighted by atomic mass is 10.0. The van der Waals surface area contributed by atoms with Crippen molar-refractivity contribution in [1.82, 2.24) is 0 Å². The van der Waals surface area contributed by atoms with Crippen molar-refractivity contribution in [2.45, 2.75) is 251 Å². The van der Waals surface area contributed by atoms with E-state index in [1.54, 1.807) is 0 Å². The Kier molecular flexibility index (Phi) is 46.7. The zero-order valence-electron chi connectivity index (χ0n) is 43.6. The molecule has 0 radical (unpaired) electrons. The summed E-state index contributed by atoms with van der Waals surface area (Å²) in [7, 11) is 5.96. The van der Waals surface area contributed by atoms with Crippen LogP contribution in [0.25, 0.3) is 0 Å². The number of aliphatic carboxylic acids is 1. The summed E-state index contributed by atoms with van der Waals surface area (Å²) in [5, 5.41) is 9.68. The van der Waals surface area contributed by atoms with Gasteiger partial charge in [-0.05, 0) is 51.4 Å². The number of quaternary nitrogens is 1. The van der Waals surface area contributed by atoms with Crippen molar-refractivity contribution in [2.24, 2.45) is 0 Å². The van der Waals surface area contributed by atoms with Crippen molar-refractivity contribution < 1.29 is 42.9 Å². The van der Waals surface area contributed by atoms with Crippen LogP contribution in [-0.2, 0) is 33.3 Å². The second kappa shape index (κ2) is 48.7. The molecule has 9 nitrogen and oxygen atoms in total. The van der Waals surface area contributed by atoms with Gasteiger partial charge in [0.25, 0.3) is 6.29 Å². The van der Waals surface area contributed by atoms with Crippen LogP contribution in [0.5, 0.6) is 0 Å². The van der Waals surface area contributed by atoms with E-state index in [1.807, 2.05) is 21.1 Å². The molecule has 0 amide bonds. The van der Waals surface area contributed by atoms with Crippen molar-refractivity contribution in [3.05, 3.63) is 48.6 Å². The summed E-state index contributed by atoms with van der Waals surface area (Å²) in [5.41, 5.74) is 0. The van der Waals surface area contributed by atoms with Crippen LogP contribution in [-0.4, -0.2) is 87.4 Å². The van der Waals surface area contributed by atoms with Crippen LogP contribution in [0.1, 0.15) is 239 Å². The van der Waals surface area contributed by atoms with E-state index in [0.717, 1.165) is 83.5 Å². The summed E-state index contributed by atoms with van der Waals surface area (Å²) in [5.74, 6) is -2.02. The molecule has 0 aromatic rings. The Hall–Kier alpha value is -2.75. The first-order chi connectivity index (χ1) is 32.1. The SMILES string of the molecule is CC/C=C\C/C=C\C/C=C\C/C=C\CCCCCCCCC(=O)OC(COC(=O)CCCCCCCCCCCCCCCCCCCCCCCC)COC(OCC[N+](C)(C)C)C(=O)O. The maximum absolute atomic E-state index is 12.8. The Labute approximate surface area is 406 Å². The molecule has 0 aliphatic rings. The number of carboxylic acid groups (broad SMARTS) is 1. The summed E-state index contributed by atoms with van der Waals surface area (Å²) in [6.07, 6.45) is 56.1. The van der Waals surface area contributed by atoms with Crippen molar-refractivity contribution >= 4 is 17.9 Å². The number of carbonyl (C=O) groups excluding carboxylic acids is 2. The number of ether oxygens (including phenoxy) is 4. The zero-order valence-corrected chi connectivity index (χ0v) is 43.6. The van der Waals surface area contributed by atoms with Gasteiger partial charge >= 0.3 is 17.9 Å². The highest BCUT2D eigenvalue weighted by Gasteiger charge is 2.25. The van der Waals surface area contributed by atoms with Crippen LogP contribution < -0.4 is 0 Å². The van der Waals surface area contributed by atoms with Gasteiger partial charge in [0.15, 0.2) is 6.10 Å². The van der Waals surface area contributed by atoms with Gasteiger partial charge in [0, 0.05) is 12.8 Å². The summed E-state index contributed by atoms with van der Waals surface area (Å²) in [6, 6.07) is 0. The minimum absolute atomic E-state index is 0.184. The summed E-state index contributed by atoms with van der Waals surface area (Å²) in [6.45, 7) is 4.77. The largest absolute Gasteiger partial charge is 0.477 e. The predicted molar refractivity (Wildman–Crippen MR) is 277 cm³/mol. The summed E-state index contributed by atoms with van der Waals surface area (Å²) in [4.78, 5) is 37.3. The molecule has 0 spiro atoms. The minimum atomic E-state index is -1.51. The minimum Gasteiger partial charge on any atom is -0.477 e. The molecular formula is C57H104NO8+. The first-order valence-corrected chi connectivity index (χ1v) is 27.3. The molecule has 0 aromatic carbocycles. The van der Waals surface area contributed by atoms with Gasteiger partial charge in [-0.2, -0.15) is 0 Å². The van der Waals surface area contributed by atoms with Crippen molar-refractivity contribution in [1.29, 1.82) is 0 Å². The highest BCUT2D eigenvalue weighted by molar-refractivity contribution is 5.71. The molecule has 384 valence electrons. The average molecular weight is 931 g/mol. The number of hydrogen-bond donors (Lipinski definition) is 1. The molecule has 0 bridgehead atoms. The third-order valence-electron chi connectivity index (χ3n) is 11.8. The van der Waals surface area contributed by atoms with Gasteiger partial charge in [0.1, 0.15) is 13.2 Å². The topological polar surface area (TPSA) is 108 Å². The Morgan fingerprint density at radius 1 is 0.470 bits per heavy atom. The van der Waals surface area contributed by atoms with Gasteiger partial charge < -0.3 is 28.5 Å². The monoisotopic (exact) mass is 931 g/mol. The molecule has 0 saturated carbocycles. The number of esters is 2. The number of hydrogen-bond acceptors (Lipinski definition) is 7. The van der Waals surface area contributed by atoms with E-state index >= 15 is 0 Å². The summed E-state index contributed by atoms with van der Waals surface area (Å²) >= 11 is 0. The normalized spacial score (nSPS) is 13.2. The highest BCUT2D eigenvalue weighted by atomic mass is 16.7. The van der Waals surface area contributed by atoms with Crippen molar-refractivity contribution in [3.8, 4) is 0 Å². The fourth-order valence-corrected chi connectivity index (χ4v) is 7.65. The average Bonchev–Trinajstić information content (AvgIpc) is 3.28. The lowest BCUT2D eigenvalue weighted by Crippen LogP contribution is -2.40. The van der Waals surface area contributed by atoms with Crippen LogP contribution in [0.2, 0.25) is 0 Å².